The maximum atomic E-state index is 12.5. The molecule has 0 heterocycles. The molecule has 3 rings (SSSR count). The molecule has 1 N–H and O–H groups in total. The summed E-state index contributed by atoms with van der Waals surface area (Å²) in [5.74, 6) is -1.19. The number of carbonyl (C=O) groups excluding carboxylic acids is 2. The van der Waals surface area contributed by atoms with E-state index < -0.39 is 32.3 Å². The van der Waals surface area contributed by atoms with Crippen molar-refractivity contribution < 1.29 is 18.0 Å². The first kappa shape index (κ1) is 15.7. The average molecular weight is 350 g/mol. The molecular formula is C16H12ClNO4S. The number of carbonyl (C=O) groups is 2. The number of allylic oxidation sites excluding steroid dienone is 5. The van der Waals surface area contributed by atoms with Gasteiger partial charge >= 0.3 is 0 Å². The highest BCUT2D eigenvalue weighted by Crippen LogP contribution is 2.28. The number of hydrogen-bond donors (Lipinski definition) is 1. The molecule has 118 valence electrons. The lowest BCUT2D eigenvalue weighted by molar-refractivity contribution is 0.0977. The molecule has 5 nitrogen and oxygen atoms in total. The lowest BCUT2D eigenvalue weighted by Crippen LogP contribution is -2.33. The predicted molar refractivity (Wildman–Crippen MR) is 86.5 cm³/mol. The second kappa shape index (κ2) is 5.79. The van der Waals surface area contributed by atoms with Crippen molar-refractivity contribution in [3.63, 3.8) is 0 Å². The third kappa shape index (κ3) is 2.75. The van der Waals surface area contributed by atoms with Gasteiger partial charge in [-0.15, -0.1) is 0 Å². The van der Waals surface area contributed by atoms with Crippen molar-refractivity contribution in [2.75, 3.05) is 0 Å². The first-order chi connectivity index (χ1) is 10.9. The second-order valence-corrected chi connectivity index (χ2v) is 7.14. The predicted octanol–water partition coefficient (Wildman–Crippen LogP) is 2.67. The van der Waals surface area contributed by atoms with Gasteiger partial charge in [0.25, 0.3) is 10.0 Å². The van der Waals surface area contributed by atoms with Gasteiger partial charge in [-0.25, -0.2) is 8.42 Å². The van der Waals surface area contributed by atoms with Gasteiger partial charge in [0.15, 0.2) is 0 Å². The standard InChI is InChI=1S/C16H12ClNO4S/c17-13-14(18-23(21,22)10-6-2-1-3-7-10)16(20)12-9-5-4-8-11(12)15(13)19/h2,4-9,18H,1,3H2. The van der Waals surface area contributed by atoms with Gasteiger partial charge in [0.05, 0.1) is 4.91 Å². The van der Waals surface area contributed by atoms with Crippen LogP contribution in [0.15, 0.2) is 58.1 Å². The Labute approximate surface area is 138 Å². The van der Waals surface area contributed by atoms with Crippen LogP contribution in [0.5, 0.6) is 0 Å². The maximum absolute atomic E-state index is 12.5. The number of ketones is 2. The SMILES string of the molecule is O=C1C(Cl)=C(NS(=O)(=O)C2=CCCC=C2)C(=O)c2ccccc21. The van der Waals surface area contributed by atoms with Gasteiger partial charge in [0.2, 0.25) is 11.6 Å². The molecule has 0 aliphatic heterocycles. The second-order valence-electron chi connectivity index (χ2n) is 5.08. The number of sulfonamides is 1. The lowest BCUT2D eigenvalue weighted by Gasteiger charge is -2.19. The molecule has 2 aliphatic rings. The molecule has 0 atom stereocenters. The Morgan fingerprint density at radius 2 is 1.65 bits per heavy atom. The van der Waals surface area contributed by atoms with Crippen LogP contribution in [-0.2, 0) is 10.0 Å². The zero-order chi connectivity index (χ0) is 16.6. The molecule has 1 aromatic carbocycles. The summed E-state index contributed by atoms with van der Waals surface area (Å²) in [6, 6.07) is 6.16. The third-order valence-corrected chi connectivity index (χ3v) is 5.33. The molecule has 0 fully saturated rings. The zero-order valence-electron chi connectivity index (χ0n) is 11.9. The molecule has 0 amide bonds. The van der Waals surface area contributed by atoms with Crippen LogP contribution in [0.25, 0.3) is 0 Å². The average Bonchev–Trinajstić information content (AvgIpc) is 2.57. The fraction of sp³-hybridized carbons (Fsp3) is 0.125. The van der Waals surface area contributed by atoms with Crippen LogP contribution in [0, 0.1) is 0 Å². The number of halogens is 1. The van der Waals surface area contributed by atoms with Crippen LogP contribution in [0.2, 0.25) is 0 Å². The third-order valence-electron chi connectivity index (χ3n) is 3.57. The Kier molecular flexibility index (Phi) is 3.95. The number of fused-ring (bicyclic) bond motifs is 1. The Balaban J connectivity index is 2.02. The molecule has 0 saturated heterocycles. The van der Waals surface area contributed by atoms with Crippen LogP contribution >= 0.6 is 11.6 Å². The molecular weight excluding hydrogens is 338 g/mol. The van der Waals surface area contributed by atoms with E-state index in [4.69, 9.17) is 11.6 Å². The maximum Gasteiger partial charge on any atom is 0.261 e. The van der Waals surface area contributed by atoms with E-state index in [-0.39, 0.29) is 16.0 Å². The van der Waals surface area contributed by atoms with Gasteiger partial charge in [0.1, 0.15) is 10.7 Å². The zero-order valence-corrected chi connectivity index (χ0v) is 13.4. The number of Topliss-reactive ketones (excluding diaryl/α,β-unsaturated/α-hetero) is 2. The van der Waals surface area contributed by atoms with Gasteiger partial charge in [-0.05, 0) is 18.9 Å². The van der Waals surface area contributed by atoms with E-state index in [0.717, 1.165) is 6.42 Å². The summed E-state index contributed by atoms with van der Waals surface area (Å²) in [4.78, 5) is 24.8. The van der Waals surface area contributed by atoms with Crippen LogP contribution in [0.3, 0.4) is 0 Å². The summed E-state index contributed by atoms with van der Waals surface area (Å²) in [6.07, 6.45) is 6.10. The van der Waals surface area contributed by atoms with E-state index >= 15 is 0 Å². The van der Waals surface area contributed by atoms with Crippen LogP contribution in [0.1, 0.15) is 33.6 Å². The largest absolute Gasteiger partial charge is 0.287 e. The minimum absolute atomic E-state index is 0.0554. The monoisotopic (exact) mass is 349 g/mol. The first-order valence-corrected chi connectivity index (χ1v) is 8.75. The topological polar surface area (TPSA) is 80.3 Å². The Morgan fingerprint density at radius 3 is 2.26 bits per heavy atom. The van der Waals surface area contributed by atoms with Gasteiger partial charge < -0.3 is 0 Å². The lowest BCUT2D eigenvalue weighted by atomic mass is 9.93. The summed E-state index contributed by atoms with van der Waals surface area (Å²) in [5, 5.41) is -0.419. The smallest absolute Gasteiger partial charge is 0.261 e. The van der Waals surface area contributed by atoms with Crippen molar-refractivity contribution in [3.05, 3.63) is 69.3 Å². The molecule has 0 radical (unpaired) electrons. The summed E-state index contributed by atoms with van der Waals surface area (Å²) >= 11 is 5.95. The van der Waals surface area contributed by atoms with Crippen molar-refractivity contribution in [3.8, 4) is 0 Å². The van der Waals surface area contributed by atoms with Crippen LogP contribution in [0.4, 0.5) is 0 Å². The van der Waals surface area contributed by atoms with E-state index in [9.17, 15) is 18.0 Å². The van der Waals surface area contributed by atoms with Gasteiger partial charge in [-0.1, -0.05) is 48.0 Å². The molecule has 23 heavy (non-hydrogen) atoms. The molecule has 0 saturated carbocycles. The quantitative estimate of drug-likeness (QED) is 0.909. The van der Waals surface area contributed by atoms with E-state index in [1.54, 1.807) is 24.3 Å². The minimum Gasteiger partial charge on any atom is -0.287 e. The molecule has 2 aliphatic carbocycles. The number of benzene rings is 1. The summed E-state index contributed by atoms with van der Waals surface area (Å²) < 4.78 is 26.9. The van der Waals surface area contributed by atoms with E-state index in [1.807, 2.05) is 0 Å². The highest BCUT2D eigenvalue weighted by atomic mass is 35.5. The fourth-order valence-electron chi connectivity index (χ4n) is 2.42. The summed E-state index contributed by atoms with van der Waals surface area (Å²) in [7, 11) is -3.97. The normalized spacial score (nSPS) is 17.9. The Hall–Kier alpha value is -2.18. The highest BCUT2D eigenvalue weighted by molar-refractivity contribution is 7.93. The highest BCUT2D eigenvalue weighted by Gasteiger charge is 2.33. The van der Waals surface area contributed by atoms with Crippen molar-refractivity contribution in [2.45, 2.75) is 12.8 Å². The van der Waals surface area contributed by atoms with E-state index in [1.165, 1.54) is 18.2 Å². The molecule has 0 aromatic heterocycles. The molecule has 0 bridgehead atoms. The molecule has 0 spiro atoms. The summed E-state index contributed by atoms with van der Waals surface area (Å²) in [6.45, 7) is 0. The van der Waals surface area contributed by atoms with E-state index in [0.29, 0.717) is 6.42 Å². The summed E-state index contributed by atoms with van der Waals surface area (Å²) in [5.41, 5.74) is -0.106. The fourth-order valence-corrected chi connectivity index (χ4v) is 3.90. The molecule has 7 heteroatoms. The van der Waals surface area contributed by atoms with Crippen molar-refractivity contribution in [2.24, 2.45) is 0 Å². The van der Waals surface area contributed by atoms with Gasteiger partial charge in [0, 0.05) is 11.1 Å². The number of nitrogens with one attached hydrogen (secondary N) is 1. The number of hydrogen-bond acceptors (Lipinski definition) is 4. The van der Waals surface area contributed by atoms with Crippen LogP contribution < -0.4 is 4.72 Å². The Morgan fingerprint density at radius 1 is 1.00 bits per heavy atom. The molecule has 0 unspecified atom stereocenters. The van der Waals surface area contributed by atoms with Crippen LogP contribution in [-0.4, -0.2) is 20.0 Å². The number of rotatable bonds is 3. The van der Waals surface area contributed by atoms with Crippen molar-refractivity contribution in [1.29, 1.82) is 0 Å². The van der Waals surface area contributed by atoms with Gasteiger partial charge in [-0.2, -0.15) is 0 Å². The van der Waals surface area contributed by atoms with Crippen molar-refractivity contribution >= 4 is 33.2 Å². The first-order valence-electron chi connectivity index (χ1n) is 6.89. The van der Waals surface area contributed by atoms with Gasteiger partial charge in [-0.3, -0.25) is 14.3 Å². The Bertz CT molecular complexity index is 910. The van der Waals surface area contributed by atoms with E-state index in [2.05, 4.69) is 4.72 Å². The van der Waals surface area contributed by atoms with Crippen molar-refractivity contribution in [1.82, 2.24) is 4.72 Å². The minimum atomic E-state index is -3.97. The molecule has 1 aromatic rings.